The number of carbonyl (C=O) groups excluding carboxylic acids is 1. The number of oxazole rings is 1. The number of rotatable bonds is 8. The monoisotopic (exact) mass is 378 g/mol. The highest BCUT2D eigenvalue weighted by Crippen LogP contribution is 2.22. The van der Waals surface area contributed by atoms with Crippen LogP contribution in [0.5, 0.6) is 0 Å². The predicted octanol–water partition coefficient (Wildman–Crippen LogP) is 1.87. The van der Waals surface area contributed by atoms with Gasteiger partial charge in [0.25, 0.3) is 5.91 Å². The Labute approximate surface area is 162 Å². The second-order valence-corrected chi connectivity index (χ2v) is 7.98. The lowest BCUT2D eigenvalue weighted by molar-refractivity contribution is 0.0658. The van der Waals surface area contributed by atoms with E-state index in [2.05, 4.69) is 20.1 Å². The lowest BCUT2D eigenvalue weighted by atomic mass is 9.89. The van der Waals surface area contributed by atoms with Gasteiger partial charge in [-0.05, 0) is 25.2 Å². The van der Waals surface area contributed by atoms with E-state index < -0.39 is 0 Å². The molecule has 152 valence electrons. The Morgan fingerprint density at radius 2 is 1.96 bits per heavy atom. The van der Waals surface area contributed by atoms with Crippen LogP contribution in [-0.4, -0.2) is 71.2 Å². The zero-order valence-corrected chi connectivity index (χ0v) is 16.5. The summed E-state index contributed by atoms with van der Waals surface area (Å²) in [6.45, 7) is 7.83. The molecule has 1 amide bonds. The second-order valence-electron chi connectivity index (χ2n) is 7.98. The lowest BCUT2D eigenvalue weighted by Crippen LogP contribution is -2.48. The second kappa shape index (κ2) is 10.2. The molecule has 0 bridgehead atoms. The number of β-amino-alcohol motifs (C(OH)–C–C–N with tert-alkyl or cyclic N) is 1. The van der Waals surface area contributed by atoms with Gasteiger partial charge in [-0.3, -0.25) is 14.6 Å². The molecular weight excluding hydrogens is 344 g/mol. The maximum atomic E-state index is 12.3. The van der Waals surface area contributed by atoms with Crippen molar-refractivity contribution in [3.05, 3.63) is 17.8 Å². The van der Waals surface area contributed by atoms with Crippen LogP contribution in [0.3, 0.4) is 0 Å². The first-order valence-corrected chi connectivity index (χ1v) is 10.5. The molecular formula is C20H34N4O3. The van der Waals surface area contributed by atoms with Crippen LogP contribution in [0.2, 0.25) is 0 Å². The van der Waals surface area contributed by atoms with Gasteiger partial charge in [0, 0.05) is 39.3 Å². The summed E-state index contributed by atoms with van der Waals surface area (Å²) in [5.41, 5.74) is 0.380. The summed E-state index contributed by atoms with van der Waals surface area (Å²) in [6.07, 6.45) is 8.33. The van der Waals surface area contributed by atoms with Crippen LogP contribution in [0.1, 0.15) is 61.8 Å². The summed E-state index contributed by atoms with van der Waals surface area (Å²) in [4.78, 5) is 21.2. The molecule has 2 fully saturated rings. The lowest BCUT2D eigenvalue weighted by Gasteiger charge is -2.34. The first-order chi connectivity index (χ1) is 13.1. The van der Waals surface area contributed by atoms with Gasteiger partial charge in [-0.25, -0.2) is 4.98 Å². The highest BCUT2D eigenvalue weighted by molar-refractivity contribution is 5.91. The van der Waals surface area contributed by atoms with Crippen molar-refractivity contribution in [3.63, 3.8) is 0 Å². The molecule has 1 atom stereocenters. The molecule has 3 rings (SSSR count). The maximum Gasteiger partial charge on any atom is 0.273 e. The number of hydrogen-bond donors (Lipinski definition) is 2. The molecule has 1 aliphatic heterocycles. The largest absolute Gasteiger partial charge is 0.447 e. The molecule has 0 spiro atoms. The van der Waals surface area contributed by atoms with E-state index in [0.29, 0.717) is 24.0 Å². The Bertz CT molecular complexity index is 578. The van der Waals surface area contributed by atoms with E-state index in [9.17, 15) is 9.90 Å². The molecule has 1 aromatic rings. The van der Waals surface area contributed by atoms with Gasteiger partial charge in [-0.2, -0.15) is 0 Å². The zero-order valence-electron chi connectivity index (χ0n) is 16.5. The number of hydrogen-bond acceptors (Lipinski definition) is 6. The summed E-state index contributed by atoms with van der Waals surface area (Å²) in [5, 5.41) is 12.8. The van der Waals surface area contributed by atoms with Gasteiger partial charge in [-0.1, -0.05) is 26.2 Å². The third-order valence-electron chi connectivity index (χ3n) is 5.82. The van der Waals surface area contributed by atoms with Gasteiger partial charge < -0.3 is 14.8 Å². The van der Waals surface area contributed by atoms with Gasteiger partial charge in [0.15, 0.2) is 5.69 Å². The molecule has 1 aromatic heterocycles. The first kappa shape index (κ1) is 20.3. The Morgan fingerprint density at radius 3 is 2.67 bits per heavy atom. The van der Waals surface area contributed by atoms with E-state index in [4.69, 9.17) is 4.42 Å². The van der Waals surface area contributed by atoms with Crippen molar-refractivity contribution in [1.29, 1.82) is 0 Å². The van der Waals surface area contributed by atoms with Gasteiger partial charge in [0.05, 0.1) is 12.6 Å². The van der Waals surface area contributed by atoms with Crippen molar-refractivity contribution in [3.8, 4) is 0 Å². The fourth-order valence-electron chi connectivity index (χ4n) is 3.96. The predicted molar refractivity (Wildman–Crippen MR) is 103 cm³/mol. The number of amides is 1. The number of carbonyl (C=O) groups is 1. The number of nitrogens with one attached hydrogen (secondary N) is 1. The molecule has 2 N–H and O–H groups in total. The molecule has 2 aliphatic rings. The first-order valence-electron chi connectivity index (χ1n) is 10.5. The van der Waals surface area contributed by atoms with Crippen LogP contribution >= 0.6 is 0 Å². The fourth-order valence-corrected chi connectivity index (χ4v) is 3.96. The van der Waals surface area contributed by atoms with Gasteiger partial charge in [0.1, 0.15) is 6.26 Å². The van der Waals surface area contributed by atoms with E-state index in [1.165, 1.54) is 38.4 Å². The molecule has 1 saturated carbocycles. The summed E-state index contributed by atoms with van der Waals surface area (Å²) < 4.78 is 5.52. The van der Waals surface area contributed by atoms with Crippen LogP contribution < -0.4 is 5.32 Å². The van der Waals surface area contributed by atoms with E-state index in [1.807, 2.05) is 6.92 Å². The number of nitrogens with zero attached hydrogens (tertiary/aromatic N) is 3. The van der Waals surface area contributed by atoms with Crippen molar-refractivity contribution >= 4 is 5.91 Å². The summed E-state index contributed by atoms with van der Waals surface area (Å²) >= 11 is 0. The average Bonchev–Trinajstić information content (AvgIpc) is 3.17. The van der Waals surface area contributed by atoms with Gasteiger partial charge in [0.2, 0.25) is 5.89 Å². The molecule has 2 heterocycles. The number of aliphatic hydroxyl groups is 1. The average molecular weight is 379 g/mol. The van der Waals surface area contributed by atoms with E-state index in [-0.39, 0.29) is 12.0 Å². The number of piperazine rings is 1. The Morgan fingerprint density at radius 1 is 1.26 bits per heavy atom. The number of aromatic nitrogens is 1. The summed E-state index contributed by atoms with van der Waals surface area (Å²) in [6, 6.07) is 0. The van der Waals surface area contributed by atoms with Crippen molar-refractivity contribution < 1.29 is 14.3 Å². The molecule has 1 aliphatic carbocycles. The molecule has 1 saturated heterocycles. The van der Waals surface area contributed by atoms with E-state index in [0.717, 1.165) is 45.7 Å². The SMILES string of the molecule is CCC(O)CN1CCN(Cc2nc(C(=O)NCC3CCCCC3)co2)CC1. The summed E-state index contributed by atoms with van der Waals surface area (Å²) in [7, 11) is 0. The third-order valence-corrected chi connectivity index (χ3v) is 5.82. The zero-order chi connectivity index (χ0) is 19.1. The van der Waals surface area contributed by atoms with Gasteiger partial charge in [-0.15, -0.1) is 0 Å². The highest BCUT2D eigenvalue weighted by atomic mass is 16.3. The normalized spacial score (nSPS) is 21.3. The standard InChI is InChI=1S/C20H34N4O3/c1-2-17(25)13-23-8-10-24(11-9-23)14-19-22-18(15-27-19)20(26)21-12-16-6-4-3-5-7-16/h15-17,25H,2-14H2,1H3,(H,21,26). The smallest absolute Gasteiger partial charge is 0.273 e. The Kier molecular flexibility index (Phi) is 7.67. The molecule has 0 radical (unpaired) electrons. The quantitative estimate of drug-likeness (QED) is 0.719. The minimum atomic E-state index is -0.238. The minimum Gasteiger partial charge on any atom is -0.447 e. The maximum absolute atomic E-state index is 12.3. The molecule has 27 heavy (non-hydrogen) atoms. The molecule has 1 unspecified atom stereocenters. The van der Waals surface area contributed by atoms with Crippen molar-refractivity contribution in [2.75, 3.05) is 39.3 Å². The van der Waals surface area contributed by atoms with Crippen molar-refractivity contribution in [1.82, 2.24) is 20.1 Å². The van der Waals surface area contributed by atoms with Crippen LogP contribution in [0.4, 0.5) is 0 Å². The molecule has 7 heteroatoms. The van der Waals surface area contributed by atoms with Crippen LogP contribution in [0.15, 0.2) is 10.7 Å². The van der Waals surface area contributed by atoms with Crippen LogP contribution in [-0.2, 0) is 6.54 Å². The van der Waals surface area contributed by atoms with Crippen LogP contribution in [0, 0.1) is 5.92 Å². The Hall–Kier alpha value is -1.44. The molecule has 0 aromatic carbocycles. The Balaban J connectivity index is 1.39. The third kappa shape index (κ3) is 6.30. The minimum absolute atomic E-state index is 0.131. The fraction of sp³-hybridized carbons (Fsp3) is 0.800. The summed E-state index contributed by atoms with van der Waals surface area (Å²) in [5.74, 6) is 1.07. The highest BCUT2D eigenvalue weighted by Gasteiger charge is 2.21. The molecule has 7 nitrogen and oxygen atoms in total. The van der Waals surface area contributed by atoms with Crippen LogP contribution in [0.25, 0.3) is 0 Å². The van der Waals surface area contributed by atoms with Crippen molar-refractivity contribution in [2.45, 2.75) is 58.1 Å². The van der Waals surface area contributed by atoms with E-state index >= 15 is 0 Å². The van der Waals surface area contributed by atoms with Crippen molar-refractivity contribution in [2.24, 2.45) is 5.92 Å². The topological polar surface area (TPSA) is 81.8 Å². The van der Waals surface area contributed by atoms with Gasteiger partial charge >= 0.3 is 0 Å². The number of aliphatic hydroxyl groups excluding tert-OH is 1. The van der Waals surface area contributed by atoms with E-state index in [1.54, 1.807) is 0 Å².